The van der Waals surface area contributed by atoms with Gasteiger partial charge in [-0.25, -0.2) is 0 Å². The van der Waals surface area contributed by atoms with Crippen molar-refractivity contribution in [2.45, 2.75) is 26.7 Å². The second-order valence-electron chi connectivity index (χ2n) is 6.76. The van der Waals surface area contributed by atoms with Crippen molar-refractivity contribution in [3.05, 3.63) is 53.1 Å². The molecule has 1 aliphatic heterocycles. The van der Waals surface area contributed by atoms with Gasteiger partial charge in [0.25, 0.3) is 0 Å². The largest absolute Gasteiger partial charge is 0.493 e. The fraction of sp³-hybridized carbons (Fsp3) is 0.318. The summed E-state index contributed by atoms with van der Waals surface area (Å²) in [5.74, 6) is 1.97. The van der Waals surface area contributed by atoms with Crippen LogP contribution in [0, 0.1) is 6.92 Å². The van der Waals surface area contributed by atoms with Gasteiger partial charge in [0.1, 0.15) is 13.2 Å². The lowest BCUT2D eigenvalue weighted by molar-refractivity contribution is -0.111. The number of amides is 1. The van der Waals surface area contributed by atoms with E-state index < -0.39 is 0 Å². The number of para-hydroxylation sites is 1. The normalized spacial score (nSPS) is 13.1. The molecule has 1 aliphatic rings. The van der Waals surface area contributed by atoms with E-state index in [2.05, 4.69) is 19.2 Å². The second kappa shape index (κ2) is 8.16. The summed E-state index contributed by atoms with van der Waals surface area (Å²) in [6.07, 6.45) is 3.25. The molecule has 1 amide bonds. The van der Waals surface area contributed by atoms with Crippen LogP contribution >= 0.6 is 0 Å². The molecule has 1 heterocycles. The number of aryl methyl sites for hydroxylation is 1. The lowest BCUT2D eigenvalue weighted by atomic mass is 9.98. The molecule has 0 saturated carbocycles. The molecule has 0 radical (unpaired) electrons. The molecule has 3 rings (SSSR count). The highest BCUT2D eigenvalue weighted by Crippen LogP contribution is 2.40. The van der Waals surface area contributed by atoms with E-state index in [-0.39, 0.29) is 5.91 Å². The van der Waals surface area contributed by atoms with Gasteiger partial charge in [-0.1, -0.05) is 32.0 Å². The fourth-order valence-corrected chi connectivity index (χ4v) is 3.07. The molecule has 0 saturated heterocycles. The number of benzene rings is 2. The molecular formula is C22H25NO4. The maximum absolute atomic E-state index is 12.5. The highest BCUT2D eigenvalue weighted by molar-refractivity contribution is 6.03. The third-order valence-corrected chi connectivity index (χ3v) is 4.45. The van der Waals surface area contributed by atoms with Crippen molar-refractivity contribution < 1.29 is 19.0 Å². The Morgan fingerprint density at radius 1 is 1.22 bits per heavy atom. The Kier molecular flexibility index (Phi) is 5.69. The molecule has 0 atom stereocenters. The highest BCUT2D eigenvalue weighted by atomic mass is 16.6. The lowest BCUT2D eigenvalue weighted by Gasteiger charge is -2.21. The van der Waals surface area contributed by atoms with Gasteiger partial charge in [-0.3, -0.25) is 4.79 Å². The predicted octanol–water partition coefficient (Wildman–Crippen LogP) is 4.55. The number of anilines is 1. The van der Waals surface area contributed by atoms with Gasteiger partial charge < -0.3 is 19.5 Å². The standard InChI is InChI=1S/C22H25NO4/c1-14(2)17-7-5-6-15(3)21(17)23-20(24)9-8-16-12-18(25-4)22-19(13-16)26-10-11-27-22/h5-9,12-14H,10-11H2,1-4H3,(H,23,24). The van der Waals surface area contributed by atoms with Crippen molar-refractivity contribution in [1.82, 2.24) is 0 Å². The zero-order valence-corrected chi connectivity index (χ0v) is 16.2. The monoisotopic (exact) mass is 367 g/mol. The second-order valence-corrected chi connectivity index (χ2v) is 6.76. The first-order valence-corrected chi connectivity index (χ1v) is 9.05. The van der Waals surface area contributed by atoms with Crippen molar-refractivity contribution >= 4 is 17.7 Å². The van der Waals surface area contributed by atoms with Gasteiger partial charge in [0.05, 0.1) is 7.11 Å². The number of hydrogen-bond donors (Lipinski definition) is 1. The maximum Gasteiger partial charge on any atom is 0.248 e. The zero-order chi connectivity index (χ0) is 19.4. The first kappa shape index (κ1) is 18.8. The number of hydrogen-bond acceptors (Lipinski definition) is 4. The predicted molar refractivity (Wildman–Crippen MR) is 107 cm³/mol. The molecule has 0 aliphatic carbocycles. The topological polar surface area (TPSA) is 56.8 Å². The van der Waals surface area contributed by atoms with Gasteiger partial charge in [-0.2, -0.15) is 0 Å². The van der Waals surface area contributed by atoms with E-state index >= 15 is 0 Å². The summed E-state index contributed by atoms with van der Waals surface area (Å²) >= 11 is 0. The summed E-state index contributed by atoms with van der Waals surface area (Å²) < 4.78 is 16.6. The van der Waals surface area contributed by atoms with Crippen molar-refractivity contribution in [1.29, 1.82) is 0 Å². The number of carbonyl (C=O) groups is 1. The van der Waals surface area contributed by atoms with Crippen LogP contribution in [0.1, 0.15) is 36.5 Å². The molecule has 0 aromatic heterocycles. The summed E-state index contributed by atoms with van der Waals surface area (Å²) in [5, 5.41) is 3.01. The Morgan fingerprint density at radius 3 is 2.74 bits per heavy atom. The van der Waals surface area contributed by atoms with Crippen molar-refractivity contribution in [2.75, 3.05) is 25.6 Å². The van der Waals surface area contributed by atoms with E-state index in [0.717, 1.165) is 22.4 Å². The van der Waals surface area contributed by atoms with E-state index in [4.69, 9.17) is 14.2 Å². The quantitative estimate of drug-likeness (QED) is 0.788. The third kappa shape index (κ3) is 4.25. The summed E-state index contributed by atoms with van der Waals surface area (Å²) in [7, 11) is 1.58. The highest BCUT2D eigenvalue weighted by Gasteiger charge is 2.18. The Balaban J connectivity index is 1.80. The number of nitrogens with one attached hydrogen (secondary N) is 1. The van der Waals surface area contributed by atoms with Crippen LogP contribution in [0.25, 0.3) is 6.08 Å². The summed E-state index contributed by atoms with van der Waals surface area (Å²) in [6.45, 7) is 7.21. The Hall–Kier alpha value is -2.95. The van der Waals surface area contributed by atoms with E-state index in [1.807, 2.05) is 37.3 Å². The molecule has 142 valence electrons. The average molecular weight is 367 g/mol. The fourth-order valence-electron chi connectivity index (χ4n) is 3.07. The van der Waals surface area contributed by atoms with Crippen LogP contribution < -0.4 is 19.5 Å². The van der Waals surface area contributed by atoms with Gasteiger partial charge in [-0.15, -0.1) is 0 Å². The minimum atomic E-state index is -0.181. The molecule has 27 heavy (non-hydrogen) atoms. The van der Waals surface area contributed by atoms with E-state index in [0.29, 0.717) is 36.4 Å². The first-order valence-electron chi connectivity index (χ1n) is 9.05. The van der Waals surface area contributed by atoms with Crippen LogP contribution in [0.5, 0.6) is 17.2 Å². The Morgan fingerprint density at radius 2 is 2.00 bits per heavy atom. The van der Waals surface area contributed by atoms with Crippen LogP contribution in [0.4, 0.5) is 5.69 Å². The summed E-state index contributed by atoms with van der Waals surface area (Å²) in [6, 6.07) is 9.72. The molecule has 5 heteroatoms. The molecular weight excluding hydrogens is 342 g/mol. The van der Waals surface area contributed by atoms with Gasteiger partial charge in [0.2, 0.25) is 11.7 Å². The maximum atomic E-state index is 12.5. The number of ether oxygens (including phenoxy) is 3. The molecule has 0 spiro atoms. The van der Waals surface area contributed by atoms with Gasteiger partial charge in [0, 0.05) is 11.8 Å². The van der Waals surface area contributed by atoms with Crippen molar-refractivity contribution in [3.8, 4) is 17.2 Å². The van der Waals surface area contributed by atoms with Gasteiger partial charge >= 0.3 is 0 Å². The third-order valence-electron chi connectivity index (χ3n) is 4.45. The summed E-state index contributed by atoms with van der Waals surface area (Å²) in [5.41, 5.74) is 3.85. The van der Waals surface area contributed by atoms with Gasteiger partial charge in [0.15, 0.2) is 11.5 Å². The average Bonchev–Trinajstić information content (AvgIpc) is 2.67. The van der Waals surface area contributed by atoms with Crippen LogP contribution in [0.2, 0.25) is 0 Å². The molecule has 2 aromatic rings. The zero-order valence-electron chi connectivity index (χ0n) is 16.2. The summed E-state index contributed by atoms with van der Waals surface area (Å²) in [4.78, 5) is 12.5. The molecule has 5 nitrogen and oxygen atoms in total. The van der Waals surface area contributed by atoms with E-state index in [1.165, 1.54) is 6.08 Å². The van der Waals surface area contributed by atoms with Crippen LogP contribution in [-0.2, 0) is 4.79 Å². The van der Waals surface area contributed by atoms with E-state index in [9.17, 15) is 4.79 Å². The minimum absolute atomic E-state index is 0.181. The number of methoxy groups -OCH3 is 1. The molecule has 1 N–H and O–H groups in total. The Labute approximate surface area is 159 Å². The molecule has 0 bridgehead atoms. The van der Waals surface area contributed by atoms with Crippen LogP contribution in [0.15, 0.2) is 36.4 Å². The number of carbonyl (C=O) groups excluding carboxylic acids is 1. The number of rotatable bonds is 5. The SMILES string of the molecule is COc1cc(C=CC(=O)Nc2c(C)cccc2C(C)C)cc2c1OCCO2. The minimum Gasteiger partial charge on any atom is -0.493 e. The smallest absolute Gasteiger partial charge is 0.248 e. The van der Waals surface area contributed by atoms with E-state index in [1.54, 1.807) is 13.2 Å². The number of fused-ring (bicyclic) bond motifs is 1. The lowest BCUT2D eigenvalue weighted by Crippen LogP contribution is -2.16. The van der Waals surface area contributed by atoms with Crippen LogP contribution in [0.3, 0.4) is 0 Å². The molecule has 0 fully saturated rings. The van der Waals surface area contributed by atoms with Gasteiger partial charge in [-0.05, 0) is 47.7 Å². The van der Waals surface area contributed by atoms with Crippen molar-refractivity contribution in [3.63, 3.8) is 0 Å². The van der Waals surface area contributed by atoms with Crippen molar-refractivity contribution in [2.24, 2.45) is 0 Å². The van der Waals surface area contributed by atoms with Crippen LogP contribution in [-0.4, -0.2) is 26.2 Å². The molecule has 2 aromatic carbocycles. The first-order chi connectivity index (χ1) is 13.0. The molecule has 0 unspecified atom stereocenters. The Bertz CT molecular complexity index is 854.